The van der Waals surface area contributed by atoms with Crippen LogP contribution >= 0.6 is 0 Å². The van der Waals surface area contributed by atoms with Crippen molar-refractivity contribution in [1.82, 2.24) is 25.0 Å². The van der Waals surface area contributed by atoms with E-state index in [0.717, 1.165) is 0 Å². The Hall–Kier alpha value is -3.94. The van der Waals surface area contributed by atoms with Crippen LogP contribution in [-0.2, 0) is 6.42 Å². The third kappa shape index (κ3) is 4.54. The van der Waals surface area contributed by atoms with E-state index in [4.69, 9.17) is 4.52 Å². The molecular formula is C24H22FN5O2. The van der Waals surface area contributed by atoms with Gasteiger partial charge in [0.2, 0.25) is 0 Å². The van der Waals surface area contributed by atoms with E-state index in [0.29, 0.717) is 47.2 Å². The highest BCUT2D eigenvalue weighted by molar-refractivity contribution is 6.00. The van der Waals surface area contributed by atoms with Gasteiger partial charge >= 0.3 is 0 Å². The van der Waals surface area contributed by atoms with E-state index in [1.165, 1.54) is 12.1 Å². The first kappa shape index (κ1) is 21.3. The summed E-state index contributed by atoms with van der Waals surface area (Å²) in [7, 11) is 0. The van der Waals surface area contributed by atoms with E-state index < -0.39 is 0 Å². The van der Waals surface area contributed by atoms with Crippen molar-refractivity contribution in [3.63, 3.8) is 0 Å². The van der Waals surface area contributed by atoms with Gasteiger partial charge in [-0.1, -0.05) is 23.4 Å². The molecule has 1 amide bonds. The minimum atomic E-state index is -0.333. The minimum Gasteiger partial charge on any atom is -0.336 e. The number of nitrogens with zero attached hydrogens (tertiary/aromatic N) is 5. The molecule has 0 bridgehead atoms. The molecule has 0 aliphatic carbocycles. The van der Waals surface area contributed by atoms with Crippen LogP contribution in [-0.4, -0.2) is 43.5 Å². The number of hydrogen-bond donors (Lipinski definition) is 0. The van der Waals surface area contributed by atoms with Crippen molar-refractivity contribution in [3.05, 3.63) is 84.2 Å². The molecule has 32 heavy (non-hydrogen) atoms. The highest BCUT2D eigenvalue weighted by Crippen LogP contribution is 2.23. The molecule has 0 aliphatic heterocycles. The molecule has 0 saturated carbocycles. The van der Waals surface area contributed by atoms with Gasteiger partial charge in [0.05, 0.1) is 5.56 Å². The molecule has 8 heteroatoms. The lowest BCUT2D eigenvalue weighted by Gasteiger charge is -2.28. The van der Waals surface area contributed by atoms with Gasteiger partial charge in [0.1, 0.15) is 5.82 Å². The van der Waals surface area contributed by atoms with Gasteiger partial charge in [-0.2, -0.15) is 4.98 Å². The van der Waals surface area contributed by atoms with Crippen molar-refractivity contribution in [2.75, 3.05) is 6.54 Å². The van der Waals surface area contributed by atoms with Crippen LogP contribution in [0.5, 0.6) is 0 Å². The Kier molecular flexibility index (Phi) is 6.30. The van der Waals surface area contributed by atoms with Crippen molar-refractivity contribution >= 4 is 5.91 Å². The summed E-state index contributed by atoms with van der Waals surface area (Å²) in [6, 6.07) is 14.7. The van der Waals surface area contributed by atoms with Gasteiger partial charge in [-0.15, -0.1) is 0 Å². The van der Waals surface area contributed by atoms with Gasteiger partial charge in [0.15, 0.2) is 11.6 Å². The Morgan fingerprint density at radius 3 is 2.50 bits per heavy atom. The minimum absolute atomic E-state index is 0.120. The maximum absolute atomic E-state index is 13.4. The molecule has 0 aliphatic rings. The number of amides is 1. The number of rotatable bonds is 7. The zero-order valence-electron chi connectivity index (χ0n) is 17.8. The van der Waals surface area contributed by atoms with E-state index in [1.807, 2.05) is 32.0 Å². The van der Waals surface area contributed by atoms with Gasteiger partial charge in [0.25, 0.3) is 11.8 Å². The van der Waals surface area contributed by atoms with Gasteiger partial charge in [-0.3, -0.25) is 4.79 Å². The Morgan fingerprint density at radius 2 is 1.78 bits per heavy atom. The molecule has 1 atom stereocenters. The zero-order chi connectivity index (χ0) is 22.5. The quantitative estimate of drug-likeness (QED) is 0.430. The lowest BCUT2D eigenvalue weighted by Crippen LogP contribution is -2.40. The molecular weight excluding hydrogens is 409 g/mol. The third-order valence-electron chi connectivity index (χ3n) is 5.14. The average molecular weight is 431 g/mol. The monoisotopic (exact) mass is 431 g/mol. The molecule has 2 aromatic carbocycles. The van der Waals surface area contributed by atoms with Crippen molar-refractivity contribution in [2.45, 2.75) is 26.3 Å². The predicted molar refractivity (Wildman–Crippen MR) is 117 cm³/mol. The summed E-state index contributed by atoms with van der Waals surface area (Å²) in [5.74, 6) is 0.837. The number of halogens is 1. The summed E-state index contributed by atoms with van der Waals surface area (Å²) in [6.07, 6.45) is 3.71. The molecule has 7 nitrogen and oxygen atoms in total. The lowest BCUT2D eigenvalue weighted by molar-refractivity contribution is 0.0702. The highest BCUT2D eigenvalue weighted by atomic mass is 19.1. The molecule has 2 aromatic heterocycles. The first-order chi connectivity index (χ1) is 15.6. The summed E-state index contributed by atoms with van der Waals surface area (Å²) >= 11 is 0. The SMILES string of the molecule is CCN(C(=O)c1ccccc1-c1ncccn1)[C@@H](C)Cc1noc(-c2ccc(F)cc2)n1. The third-order valence-corrected chi connectivity index (χ3v) is 5.14. The molecule has 2 heterocycles. The summed E-state index contributed by atoms with van der Waals surface area (Å²) in [5, 5.41) is 4.03. The number of carbonyl (C=O) groups is 1. The molecule has 0 N–H and O–H groups in total. The summed E-state index contributed by atoms with van der Waals surface area (Å²) in [5.41, 5.74) is 1.85. The summed E-state index contributed by atoms with van der Waals surface area (Å²) in [4.78, 5) is 28.2. The molecule has 0 spiro atoms. The van der Waals surface area contributed by atoms with Crippen molar-refractivity contribution in [2.24, 2.45) is 0 Å². The standard InChI is InChI=1S/C24H22FN5O2/c1-3-30(24(31)20-8-5-4-7-19(20)22-26-13-6-14-27-22)16(2)15-21-28-23(32-29-21)17-9-11-18(25)12-10-17/h4-14,16H,3,15H2,1-2H3/t16-/m0/s1. The Morgan fingerprint density at radius 1 is 1.06 bits per heavy atom. The summed E-state index contributed by atoms with van der Waals surface area (Å²) in [6.45, 7) is 4.37. The fourth-order valence-electron chi connectivity index (χ4n) is 3.53. The van der Waals surface area contributed by atoms with E-state index in [-0.39, 0.29) is 17.8 Å². The van der Waals surface area contributed by atoms with Gasteiger partial charge in [-0.05, 0) is 50.2 Å². The summed E-state index contributed by atoms with van der Waals surface area (Å²) < 4.78 is 18.5. The van der Waals surface area contributed by atoms with Crippen LogP contribution in [0.4, 0.5) is 4.39 Å². The van der Waals surface area contributed by atoms with Gasteiger partial charge < -0.3 is 9.42 Å². The largest absolute Gasteiger partial charge is 0.336 e. The first-order valence-corrected chi connectivity index (χ1v) is 10.3. The first-order valence-electron chi connectivity index (χ1n) is 10.3. The molecule has 4 rings (SSSR count). The zero-order valence-corrected chi connectivity index (χ0v) is 17.8. The van der Waals surface area contributed by atoms with Gasteiger partial charge in [0, 0.05) is 42.5 Å². The van der Waals surface area contributed by atoms with Crippen LogP contribution in [0.3, 0.4) is 0 Å². The molecule has 0 saturated heterocycles. The Balaban J connectivity index is 1.53. The maximum Gasteiger partial charge on any atom is 0.257 e. The molecule has 4 aromatic rings. The number of likely N-dealkylation sites (N-methyl/N-ethyl adjacent to an activating group) is 1. The topological polar surface area (TPSA) is 85.0 Å². The van der Waals surface area contributed by atoms with Crippen LogP contribution < -0.4 is 0 Å². The van der Waals surface area contributed by atoms with Crippen molar-refractivity contribution in [1.29, 1.82) is 0 Å². The molecule has 0 unspecified atom stereocenters. The molecule has 162 valence electrons. The van der Waals surface area contributed by atoms with Crippen LogP contribution in [0, 0.1) is 5.82 Å². The van der Waals surface area contributed by atoms with Gasteiger partial charge in [-0.25, -0.2) is 14.4 Å². The highest BCUT2D eigenvalue weighted by Gasteiger charge is 2.25. The second-order valence-electron chi connectivity index (χ2n) is 7.28. The fraction of sp³-hybridized carbons (Fsp3) is 0.208. The second-order valence-corrected chi connectivity index (χ2v) is 7.28. The van der Waals surface area contributed by atoms with Crippen LogP contribution in [0.15, 0.2) is 71.5 Å². The van der Waals surface area contributed by atoms with E-state index >= 15 is 0 Å². The smallest absolute Gasteiger partial charge is 0.257 e. The fourth-order valence-corrected chi connectivity index (χ4v) is 3.53. The van der Waals surface area contributed by atoms with E-state index in [9.17, 15) is 9.18 Å². The number of carbonyl (C=O) groups excluding carboxylic acids is 1. The lowest BCUT2D eigenvalue weighted by atomic mass is 10.0. The second kappa shape index (κ2) is 9.47. The van der Waals surface area contributed by atoms with E-state index in [1.54, 1.807) is 41.6 Å². The van der Waals surface area contributed by atoms with Crippen LogP contribution in [0.25, 0.3) is 22.8 Å². The normalized spacial score (nSPS) is 11.8. The number of benzene rings is 2. The predicted octanol–water partition coefficient (Wildman–Crippen LogP) is 4.43. The van der Waals surface area contributed by atoms with Crippen molar-refractivity contribution in [3.8, 4) is 22.8 Å². The van der Waals surface area contributed by atoms with Crippen LogP contribution in [0.1, 0.15) is 30.0 Å². The number of aromatic nitrogens is 4. The number of hydrogen-bond acceptors (Lipinski definition) is 6. The molecule has 0 radical (unpaired) electrons. The Bertz CT molecular complexity index is 1190. The maximum atomic E-state index is 13.4. The van der Waals surface area contributed by atoms with E-state index in [2.05, 4.69) is 20.1 Å². The van der Waals surface area contributed by atoms with Crippen LogP contribution in [0.2, 0.25) is 0 Å². The van der Waals surface area contributed by atoms with Crippen molar-refractivity contribution < 1.29 is 13.7 Å². The molecule has 0 fully saturated rings. The average Bonchev–Trinajstić information content (AvgIpc) is 3.29. The Labute approximate surface area is 185 Å².